The molecule has 25 heavy (non-hydrogen) atoms. The zero-order chi connectivity index (χ0) is 19.1. The van der Waals surface area contributed by atoms with Gasteiger partial charge in [-0.05, 0) is 38.5 Å². The van der Waals surface area contributed by atoms with E-state index in [9.17, 15) is 8.42 Å². The second-order valence-corrected chi connectivity index (χ2v) is 8.92. The fourth-order valence-electron chi connectivity index (χ4n) is 1.92. The number of ether oxygens (including phenoxy) is 2. The van der Waals surface area contributed by atoms with Crippen LogP contribution in [0.5, 0.6) is 11.5 Å². The van der Waals surface area contributed by atoms with Crippen molar-refractivity contribution in [3.05, 3.63) is 23.8 Å². The van der Waals surface area contributed by atoms with Gasteiger partial charge in [0.05, 0.1) is 25.5 Å². The molecule has 7 nitrogen and oxygen atoms in total. The van der Waals surface area contributed by atoms with Gasteiger partial charge in [0.25, 0.3) is 0 Å². The van der Waals surface area contributed by atoms with E-state index in [4.69, 9.17) is 9.47 Å². The normalized spacial score (nSPS) is 12.6. The van der Waals surface area contributed by atoms with E-state index in [0.717, 1.165) is 5.56 Å². The summed E-state index contributed by atoms with van der Waals surface area (Å²) >= 11 is 0. The lowest BCUT2D eigenvalue weighted by Crippen LogP contribution is -2.47. The average molecular weight is 372 g/mol. The van der Waals surface area contributed by atoms with Crippen LogP contribution in [-0.4, -0.2) is 52.7 Å². The third-order valence-corrected chi connectivity index (χ3v) is 6.05. The van der Waals surface area contributed by atoms with Gasteiger partial charge in [0, 0.05) is 19.3 Å². The SMILES string of the molecule is CCNC(=NCc1ccc(OC)c(OC)c1)NCC(C)(C)S(C)(=O)=O. The molecule has 0 amide bonds. The van der Waals surface area contributed by atoms with Gasteiger partial charge in [-0.25, -0.2) is 13.4 Å². The Morgan fingerprint density at radius 3 is 2.32 bits per heavy atom. The lowest BCUT2D eigenvalue weighted by atomic mass is 10.2. The molecule has 0 aliphatic carbocycles. The number of nitrogens with one attached hydrogen (secondary N) is 2. The molecule has 0 saturated heterocycles. The van der Waals surface area contributed by atoms with Crippen molar-refractivity contribution in [1.82, 2.24) is 10.6 Å². The topological polar surface area (TPSA) is 89.0 Å². The summed E-state index contributed by atoms with van der Waals surface area (Å²) in [6, 6.07) is 5.61. The summed E-state index contributed by atoms with van der Waals surface area (Å²) in [5, 5.41) is 6.21. The molecule has 0 fully saturated rings. The number of guanidine groups is 1. The number of rotatable bonds is 8. The number of nitrogens with zero attached hydrogens (tertiary/aromatic N) is 1. The van der Waals surface area contributed by atoms with Crippen molar-refractivity contribution in [3.8, 4) is 11.5 Å². The predicted molar refractivity (Wildman–Crippen MR) is 101 cm³/mol. The molecule has 142 valence electrons. The van der Waals surface area contributed by atoms with Crippen molar-refractivity contribution in [1.29, 1.82) is 0 Å². The fourth-order valence-corrected chi connectivity index (χ4v) is 2.25. The van der Waals surface area contributed by atoms with Crippen molar-refractivity contribution < 1.29 is 17.9 Å². The molecule has 0 spiro atoms. The molecule has 2 N–H and O–H groups in total. The maximum Gasteiger partial charge on any atom is 0.191 e. The van der Waals surface area contributed by atoms with Crippen LogP contribution in [0, 0.1) is 0 Å². The summed E-state index contributed by atoms with van der Waals surface area (Å²) in [7, 11) is 0.00429. The van der Waals surface area contributed by atoms with Crippen LogP contribution in [0.25, 0.3) is 0 Å². The van der Waals surface area contributed by atoms with Crippen molar-refractivity contribution in [2.75, 3.05) is 33.6 Å². The van der Waals surface area contributed by atoms with E-state index in [2.05, 4.69) is 15.6 Å². The molecule has 0 heterocycles. The van der Waals surface area contributed by atoms with E-state index in [-0.39, 0.29) is 6.54 Å². The highest BCUT2D eigenvalue weighted by atomic mass is 32.2. The van der Waals surface area contributed by atoms with Gasteiger partial charge in [0.1, 0.15) is 0 Å². The van der Waals surface area contributed by atoms with Gasteiger partial charge in [-0.15, -0.1) is 0 Å². The average Bonchev–Trinajstić information content (AvgIpc) is 2.56. The maximum atomic E-state index is 11.8. The van der Waals surface area contributed by atoms with E-state index in [1.54, 1.807) is 28.1 Å². The molecule has 0 aliphatic heterocycles. The minimum atomic E-state index is -3.17. The standard InChI is InChI=1S/C17H29N3O4S/c1-7-18-16(20-12-17(2,3)25(6,21)22)19-11-13-8-9-14(23-4)15(10-13)24-5/h8-10H,7,11-12H2,1-6H3,(H2,18,19,20). The first kappa shape index (κ1) is 21.1. The number of hydrogen-bond donors (Lipinski definition) is 2. The number of sulfone groups is 1. The predicted octanol–water partition coefficient (Wildman–Crippen LogP) is 1.58. The van der Waals surface area contributed by atoms with Gasteiger partial charge in [-0.2, -0.15) is 0 Å². The lowest BCUT2D eigenvalue weighted by Gasteiger charge is -2.24. The Balaban J connectivity index is 2.86. The second kappa shape index (κ2) is 8.94. The zero-order valence-corrected chi connectivity index (χ0v) is 16.7. The fraction of sp³-hybridized carbons (Fsp3) is 0.588. The van der Waals surface area contributed by atoms with Crippen molar-refractivity contribution in [2.45, 2.75) is 32.1 Å². The summed E-state index contributed by atoms with van der Waals surface area (Å²) in [6.07, 6.45) is 1.24. The molecule has 1 rings (SSSR count). The monoisotopic (exact) mass is 371 g/mol. The van der Waals surface area contributed by atoms with Gasteiger partial charge in [-0.1, -0.05) is 6.07 Å². The molecule has 0 radical (unpaired) electrons. The Kier molecular flexibility index (Phi) is 7.54. The van der Waals surface area contributed by atoms with Crippen LogP contribution in [0.1, 0.15) is 26.3 Å². The first-order chi connectivity index (χ1) is 11.6. The number of methoxy groups -OCH3 is 2. The molecule has 0 bridgehead atoms. The molecule has 0 saturated carbocycles. The Labute approximate surface area is 150 Å². The highest BCUT2D eigenvalue weighted by Crippen LogP contribution is 2.27. The summed E-state index contributed by atoms with van der Waals surface area (Å²) < 4.78 is 33.2. The van der Waals surface area contributed by atoms with Crippen LogP contribution in [0.15, 0.2) is 23.2 Å². The third-order valence-electron chi connectivity index (χ3n) is 3.90. The molecule has 0 aliphatic rings. The maximum absolute atomic E-state index is 11.8. The summed E-state index contributed by atoms with van der Waals surface area (Å²) in [4.78, 5) is 4.50. The minimum Gasteiger partial charge on any atom is -0.493 e. The van der Waals surface area contributed by atoms with Crippen molar-refractivity contribution in [3.63, 3.8) is 0 Å². The van der Waals surface area contributed by atoms with E-state index < -0.39 is 14.6 Å². The van der Waals surface area contributed by atoms with Gasteiger partial charge < -0.3 is 20.1 Å². The Morgan fingerprint density at radius 2 is 1.80 bits per heavy atom. The molecular formula is C17H29N3O4S. The second-order valence-electron chi connectivity index (χ2n) is 6.27. The largest absolute Gasteiger partial charge is 0.493 e. The molecular weight excluding hydrogens is 342 g/mol. The highest BCUT2D eigenvalue weighted by molar-refractivity contribution is 7.92. The van der Waals surface area contributed by atoms with Crippen LogP contribution in [0.2, 0.25) is 0 Å². The van der Waals surface area contributed by atoms with E-state index in [0.29, 0.717) is 30.5 Å². The molecule has 0 unspecified atom stereocenters. The highest BCUT2D eigenvalue weighted by Gasteiger charge is 2.30. The minimum absolute atomic E-state index is 0.267. The molecule has 1 aromatic carbocycles. The van der Waals surface area contributed by atoms with Crippen LogP contribution < -0.4 is 20.1 Å². The number of aliphatic imine (C=N–C) groups is 1. The Bertz CT molecular complexity index is 700. The van der Waals surface area contributed by atoms with Crippen molar-refractivity contribution >= 4 is 15.8 Å². The lowest BCUT2D eigenvalue weighted by molar-refractivity contribution is 0.354. The molecule has 0 aromatic heterocycles. The zero-order valence-electron chi connectivity index (χ0n) is 15.8. The molecule has 8 heteroatoms. The van der Waals surface area contributed by atoms with E-state index in [1.165, 1.54) is 6.26 Å². The summed E-state index contributed by atoms with van der Waals surface area (Å²) in [6.45, 7) is 6.70. The van der Waals surface area contributed by atoms with Gasteiger partial charge in [0.2, 0.25) is 0 Å². The summed E-state index contributed by atoms with van der Waals surface area (Å²) in [5.74, 6) is 1.87. The van der Waals surface area contributed by atoms with Gasteiger partial charge in [-0.3, -0.25) is 0 Å². The first-order valence-electron chi connectivity index (χ1n) is 8.07. The van der Waals surface area contributed by atoms with Crippen molar-refractivity contribution in [2.24, 2.45) is 4.99 Å². The smallest absolute Gasteiger partial charge is 0.191 e. The van der Waals surface area contributed by atoms with Gasteiger partial charge in [0.15, 0.2) is 27.3 Å². The first-order valence-corrected chi connectivity index (χ1v) is 9.96. The van der Waals surface area contributed by atoms with Crippen LogP contribution >= 0.6 is 0 Å². The number of hydrogen-bond acceptors (Lipinski definition) is 5. The Morgan fingerprint density at radius 1 is 1.16 bits per heavy atom. The molecule has 0 atom stereocenters. The third kappa shape index (κ3) is 6.12. The quantitative estimate of drug-likeness (QED) is 0.533. The Hall–Kier alpha value is -1.96. The van der Waals surface area contributed by atoms with Crippen LogP contribution in [0.4, 0.5) is 0 Å². The van der Waals surface area contributed by atoms with Crippen LogP contribution in [-0.2, 0) is 16.4 Å². The van der Waals surface area contributed by atoms with Gasteiger partial charge >= 0.3 is 0 Å². The van der Waals surface area contributed by atoms with Crippen LogP contribution in [0.3, 0.4) is 0 Å². The molecule has 1 aromatic rings. The van der Waals surface area contributed by atoms with E-state index >= 15 is 0 Å². The number of benzene rings is 1. The van der Waals surface area contributed by atoms with E-state index in [1.807, 2.05) is 25.1 Å². The summed E-state index contributed by atoms with van der Waals surface area (Å²) in [5.41, 5.74) is 0.956.